The molecule has 0 fully saturated rings. The van der Waals surface area contributed by atoms with Gasteiger partial charge in [0, 0.05) is 31.9 Å². The Morgan fingerprint density at radius 1 is 1.56 bits per heavy atom. The summed E-state index contributed by atoms with van der Waals surface area (Å²) in [7, 11) is 1.92. The molecule has 1 rings (SSSR count). The van der Waals surface area contributed by atoms with Crippen molar-refractivity contribution in [3.63, 3.8) is 0 Å². The zero-order valence-electron chi connectivity index (χ0n) is 10.7. The lowest BCUT2D eigenvalue weighted by molar-refractivity contribution is 0.113. The first-order valence-electron chi connectivity index (χ1n) is 5.92. The van der Waals surface area contributed by atoms with Gasteiger partial charge in [-0.15, -0.1) is 0 Å². The number of aliphatic hydroxyl groups excluding tert-OH is 1. The van der Waals surface area contributed by atoms with Gasteiger partial charge in [-0.1, -0.05) is 20.3 Å². The van der Waals surface area contributed by atoms with Crippen LogP contribution in [0.5, 0.6) is 0 Å². The number of nitrogens with one attached hydrogen (secondary N) is 1. The second-order valence-corrected chi connectivity index (χ2v) is 4.50. The molecule has 0 aliphatic heterocycles. The molecule has 1 aromatic heterocycles. The molecular weight excluding hydrogens is 202 g/mol. The molecule has 0 spiro atoms. The highest BCUT2D eigenvalue weighted by Gasteiger charge is 2.11. The molecule has 0 saturated carbocycles. The molecule has 1 heterocycles. The maximum absolute atomic E-state index is 9.79. The molecule has 2 N–H and O–H groups in total. The Hall–Kier alpha value is -0.870. The predicted molar refractivity (Wildman–Crippen MR) is 65.1 cm³/mol. The number of aliphatic hydroxyl groups is 1. The molecule has 4 nitrogen and oxygen atoms in total. The molecule has 0 aliphatic carbocycles. The lowest BCUT2D eigenvalue weighted by atomic mass is 10.0. The van der Waals surface area contributed by atoms with Gasteiger partial charge in [-0.25, -0.2) is 0 Å². The minimum absolute atomic E-state index is 0.262. The Morgan fingerprint density at radius 3 is 2.75 bits per heavy atom. The Kier molecular flexibility index (Phi) is 4.96. The third kappa shape index (κ3) is 3.61. The van der Waals surface area contributed by atoms with E-state index in [4.69, 9.17) is 0 Å². The van der Waals surface area contributed by atoms with E-state index in [9.17, 15) is 5.11 Å². The Bertz CT molecular complexity index is 322. The van der Waals surface area contributed by atoms with Crippen molar-refractivity contribution in [2.75, 3.05) is 6.54 Å². The Labute approximate surface area is 97.7 Å². The Balaban J connectivity index is 2.33. The average Bonchev–Trinajstić information content (AvgIpc) is 2.56. The van der Waals surface area contributed by atoms with Crippen molar-refractivity contribution in [1.82, 2.24) is 15.1 Å². The van der Waals surface area contributed by atoms with Crippen LogP contribution >= 0.6 is 0 Å². The first-order chi connectivity index (χ1) is 7.54. The van der Waals surface area contributed by atoms with E-state index in [1.165, 1.54) is 5.56 Å². The van der Waals surface area contributed by atoms with Crippen LogP contribution < -0.4 is 5.32 Å². The minimum Gasteiger partial charge on any atom is -0.392 e. The van der Waals surface area contributed by atoms with E-state index in [0.717, 1.165) is 18.7 Å². The summed E-state index contributed by atoms with van der Waals surface area (Å²) in [5.41, 5.74) is 2.24. The average molecular weight is 225 g/mol. The zero-order valence-corrected chi connectivity index (χ0v) is 10.7. The predicted octanol–water partition coefficient (Wildman–Crippen LogP) is 1.23. The number of hydrogen-bond donors (Lipinski definition) is 2. The standard InChI is InChI=1S/C12H23N3O/c1-5-9(2)12(16)7-13-6-11-8-15(4)14-10(11)3/h8-9,12-13,16H,5-7H2,1-4H3. The van der Waals surface area contributed by atoms with Crippen molar-refractivity contribution in [2.45, 2.75) is 39.8 Å². The fourth-order valence-electron chi connectivity index (χ4n) is 1.65. The van der Waals surface area contributed by atoms with Crippen molar-refractivity contribution in [2.24, 2.45) is 13.0 Å². The van der Waals surface area contributed by atoms with Gasteiger partial charge in [0.1, 0.15) is 0 Å². The lowest BCUT2D eigenvalue weighted by Crippen LogP contribution is -2.31. The topological polar surface area (TPSA) is 50.1 Å². The number of hydrogen-bond acceptors (Lipinski definition) is 3. The molecule has 2 unspecified atom stereocenters. The SMILES string of the molecule is CCC(C)C(O)CNCc1cn(C)nc1C. The normalized spacial score (nSPS) is 15.1. The van der Waals surface area contributed by atoms with Crippen molar-refractivity contribution in [3.8, 4) is 0 Å². The number of aromatic nitrogens is 2. The molecule has 16 heavy (non-hydrogen) atoms. The zero-order chi connectivity index (χ0) is 12.1. The van der Waals surface area contributed by atoms with Crippen molar-refractivity contribution < 1.29 is 5.11 Å². The largest absolute Gasteiger partial charge is 0.392 e. The molecular formula is C12H23N3O. The van der Waals surface area contributed by atoms with Crippen LogP contribution in [0.4, 0.5) is 0 Å². The first kappa shape index (κ1) is 13.2. The summed E-state index contributed by atoms with van der Waals surface area (Å²) in [6.45, 7) is 7.58. The second-order valence-electron chi connectivity index (χ2n) is 4.50. The molecule has 0 bridgehead atoms. The van der Waals surface area contributed by atoms with E-state index in [1.807, 2.05) is 24.9 Å². The van der Waals surface area contributed by atoms with E-state index >= 15 is 0 Å². The van der Waals surface area contributed by atoms with E-state index < -0.39 is 0 Å². The molecule has 0 radical (unpaired) electrons. The third-order valence-electron chi connectivity index (χ3n) is 3.08. The van der Waals surface area contributed by atoms with Gasteiger partial charge in [-0.3, -0.25) is 4.68 Å². The maximum Gasteiger partial charge on any atom is 0.0690 e. The monoisotopic (exact) mass is 225 g/mol. The fraction of sp³-hybridized carbons (Fsp3) is 0.750. The van der Waals surface area contributed by atoms with Gasteiger partial charge in [0.2, 0.25) is 0 Å². The maximum atomic E-state index is 9.79. The van der Waals surface area contributed by atoms with E-state index in [2.05, 4.69) is 24.3 Å². The number of rotatable bonds is 6. The molecule has 0 aromatic carbocycles. The van der Waals surface area contributed by atoms with Gasteiger partial charge in [-0.2, -0.15) is 5.10 Å². The number of nitrogens with zero attached hydrogens (tertiary/aromatic N) is 2. The highest BCUT2D eigenvalue weighted by Crippen LogP contribution is 2.07. The van der Waals surface area contributed by atoms with Crippen LogP contribution in [0.15, 0.2) is 6.20 Å². The molecule has 2 atom stereocenters. The summed E-state index contributed by atoms with van der Waals surface area (Å²) in [5, 5.41) is 17.3. The third-order valence-corrected chi connectivity index (χ3v) is 3.08. The van der Waals surface area contributed by atoms with Crippen LogP contribution in [0.1, 0.15) is 31.5 Å². The Morgan fingerprint density at radius 2 is 2.25 bits per heavy atom. The van der Waals surface area contributed by atoms with Crippen LogP contribution in [0.2, 0.25) is 0 Å². The van der Waals surface area contributed by atoms with Crippen molar-refractivity contribution in [3.05, 3.63) is 17.5 Å². The first-order valence-corrected chi connectivity index (χ1v) is 5.92. The van der Waals surface area contributed by atoms with Gasteiger partial charge >= 0.3 is 0 Å². The quantitative estimate of drug-likeness (QED) is 0.765. The highest BCUT2D eigenvalue weighted by molar-refractivity contribution is 5.14. The summed E-state index contributed by atoms with van der Waals surface area (Å²) >= 11 is 0. The lowest BCUT2D eigenvalue weighted by Gasteiger charge is -2.17. The van der Waals surface area contributed by atoms with Crippen molar-refractivity contribution >= 4 is 0 Å². The molecule has 4 heteroatoms. The summed E-state index contributed by atoms with van der Waals surface area (Å²) in [5.74, 6) is 0.350. The summed E-state index contributed by atoms with van der Waals surface area (Å²) < 4.78 is 1.82. The molecule has 92 valence electrons. The van der Waals surface area contributed by atoms with E-state index in [-0.39, 0.29) is 6.10 Å². The van der Waals surface area contributed by atoms with Crippen molar-refractivity contribution in [1.29, 1.82) is 0 Å². The summed E-state index contributed by atoms with van der Waals surface area (Å²) in [6.07, 6.45) is 2.76. The molecule has 0 saturated heterocycles. The molecule has 0 amide bonds. The van der Waals surface area contributed by atoms with Crippen LogP contribution in [0.25, 0.3) is 0 Å². The highest BCUT2D eigenvalue weighted by atomic mass is 16.3. The smallest absolute Gasteiger partial charge is 0.0690 e. The van der Waals surface area contributed by atoms with Crippen LogP contribution in [0.3, 0.4) is 0 Å². The van der Waals surface area contributed by atoms with Crippen LogP contribution in [-0.4, -0.2) is 27.5 Å². The second kappa shape index (κ2) is 6.01. The van der Waals surface area contributed by atoms with Gasteiger partial charge in [0.05, 0.1) is 11.8 Å². The van der Waals surface area contributed by atoms with Crippen LogP contribution in [0, 0.1) is 12.8 Å². The number of aryl methyl sites for hydroxylation is 2. The van der Waals surface area contributed by atoms with Gasteiger partial charge in [0.15, 0.2) is 0 Å². The summed E-state index contributed by atoms with van der Waals surface area (Å²) in [4.78, 5) is 0. The van der Waals surface area contributed by atoms with Gasteiger partial charge < -0.3 is 10.4 Å². The molecule has 1 aromatic rings. The van der Waals surface area contributed by atoms with Gasteiger partial charge in [-0.05, 0) is 12.8 Å². The summed E-state index contributed by atoms with van der Waals surface area (Å²) in [6, 6.07) is 0. The molecule has 0 aliphatic rings. The fourth-order valence-corrected chi connectivity index (χ4v) is 1.65. The van der Waals surface area contributed by atoms with Gasteiger partial charge in [0.25, 0.3) is 0 Å². The van der Waals surface area contributed by atoms with Crippen LogP contribution in [-0.2, 0) is 13.6 Å². The van der Waals surface area contributed by atoms with E-state index in [1.54, 1.807) is 0 Å². The minimum atomic E-state index is -0.262. The van der Waals surface area contributed by atoms with E-state index in [0.29, 0.717) is 12.5 Å².